The Morgan fingerprint density at radius 1 is 1.15 bits per heavy atom. The van der Waals surface area contributed by atoms with Gasteiger partial charge in [-0.05, 0) is 35.7 Å². The van der Waals surface area contributed by atoms with Gasteiger partial charge in [0.25, 0.3) is 0 Å². The zero-order valence-corrected chi connectivity index (χ0v) is 11.7. The van der Waals surface area contributed by atoms with Crippen molar-refractivity contribution in [1.29, 1.82) is 0 Å². The van der Waals surface area contributed by atoms with E-state index in [0.29, 0.717) is 0 Å². The molecule has 1 aromatic carbocycles. The average Bonchev–Trinajstić information content (AvgIpc) is 2.53. The van der Waals surface area contributed by atoms with Gasteiger partial charge in [0, 0.05) is 18.4 Å². The van der Waals surface area contributed by atoms with Crippen LogP contribution in [0.1, 0.15) is 18.5 Å². The zero-order chi connectivity index (χ0) is 14.4. The second-order valence-electron chi connectivity index (χ2n) is 4.54. The highest BCUT2D eigenvalue weighted by Crippen LogP contribution is 2.21. The second kappa shape index (κ2) is 6.82. The van der Waals surface area contributed by atoms with Crippen molar-refractivity contribution < 1.29 is 9.53 Å². The summed E-state index contributed by atoms with van der Waals surface area (Å²) >= 11 is 0. The zero-order valence-electron chi connectivity index (χ0n) is 11.7. The Balaban J connectivity index is 2.03. The SMILES string of the molecule is COC(=O)CNC(C)c1ccc(-c2ccncc2)cc1. The second-order valence-corrected chi connectivity index (χ2v) is 4.54. The number of ether oxygens (including phenoxy) is 1. The summed E-state index contributed by atoms with van der Waals surface area (Å²) in [6, 6.07) is 12.3. The van der Waals surface area contributed by atoms with Crippen LogP contribution < -0.4 is 5.32 Å². The molecule has 1 atom stereocenters. The molecular formula is C16H18N2O2. The largest absolute Gasteiger partial charge is 0.468 e. The lowest BCUT2D eigenvalue weighted by Gasteiger charge is -2.14. The molecule has 1 N–H and O–H groups in total. The molecule has 0 aliphatic rings. The van der Waals surface area contributed by atoms with Crippen molar-refractivity contribution in [3.63, 3.8) is 0 Å². The van der Waals surface area contributed by atoms with Crippen LogP contribution in [0.4, 0.5) is 0 Å². The standard InChI is InChI=1S/C16H18N2O2/c1-12(18-11-16(19)20-2)13-3-5-14(6-4-13)15-7-9-17-10-8-15/h3-10,12,18H,11H2,1-2H3. The van der Waals surface area contributed by atoms with Crippen molar-refractivity contribution >= 4 is 5.97 Å². The van der Waals surface area contributed by atoms with E-state index >= 15 is 0 Å². The minimum absolute atomic E-state index is 0.0978. The van der Waals surface area contributed by atoms with Gasteiger partial charge in [0.05, 0.1) is 13.7 Å². The van der Waals surface area contributed by atoms with Gasteiger partial charge in [-0.25, -0.2) is 0 Å². The molecule has 2 rings (SSSR count). The molecule has 4 heteroatoms. The Morgan fingerprint density at radius 2 is 1.75 bits per heavy atom. The lowest BCUT2D eigenvalue weighted by atomic mass is 10.0. The minimum Gasteiger partial charge on any atom is -0.468 e. The highest BCUT2D eigenvalue weighted by molar-refractivity contribution is 5.71. The molecule has 0 saturated carbocycles. The Bertz CT molecular complexity index is 552. The summed E-state index contributed by atoms with van der Waals surface area (Å²) in [4.78, 5) is 15.1. The molecule has 1 unspecified atom stereocenters. The smallest absolute Gasteiger partial charge is 0.319 e. The number of esters is 1. The molecule has 0 spiro atoms. The normalized spacial score (nSPS) is 11.9. The number of carbonyl (C=O) groups excluding carboxylic acids is 1. The number of methoxy groups -OCH3 is 1. The van der Waals surface area contributed by atoms with Crippen LogP contribution in [-0.4, -0.2) is 24.6 Å². The molecule has 0 radical (unpaired) electrons. The van der Waals surface area contributed by atoms with E-state index in [4.69, 9.17) is 0 Å². The Hall–Kier alpha value is -2.20. The first-order valence-corrected chi connectivity index (χ1v) is 6.51. The maximum absolute atomic E-state index is 11.1. The lowest BCUT2D eigenvalue weighted by molar-refractivity contribution is -0.139. The van der Waals surface area contributed by atoms with Crippen molar-refractivity contribution in [2.75, 3.05) is 13.7 Å². The molecule has 1 heterocycles. The molecule has 2 aromatic rings. The summed E-state index contributed by atoms with van der Waals surface area (Å²) in [5.74, 6) is -0.259. The first-order chi connectivity index (χ1) is 9.70. The van der Waals surface area contributed by atoms with E-state index in [1.54, 1.807) is 12.4 Å². The maximum Gasteiger partial charge on any atom is 0.319 e. The van der Waals surface area contributed by atoms with Crippen molar-refractivity contribution in [2.24, 2.45) is 0 Å². The van der Waals surface area contributed by atoms with Gasteiger partial charge < -0.3 is 10.1 Å². The molecule has 1 aromatic heterocycles. The number of benzene rings is 1. The predicted octanol–water partition coefficient (Wildman–Crippen LogP) is 2.57. The number of rotatable bonds is 5. The monoisotopic (exact) mass is 270 g/mol. The van der Waals surface area contributed by atoms with Gasteiger partial charge in [0.2, 0.25) is 0 Å². The van der Waals surface area contributed by atoms with Crippen molar-refractivity contribution in [3.8, 4) is 11.1 Å². The van der Waals surface area contributed by atoms with E-state index < -0.39 is 0 Å². The molecule has 0 fully saturated rings. The first-order valence-electron chi connectivity index (χ1n) is 6.51. The Labute approximate surface area is 118 Å². The average molecular weight is 270 g/mol. The van der Waals surface area contributed by atoms with E-state index in [9.17, 15) is 4.79 Å². The molecule has 0 bridgehead atoms. The summed E-state index contributed by atoms with van der Waals surface area (Å²) in [5.41, 5.74) is 3.42. The predicted molar refractivity (Wildman–Crippen MR) is 78.1 cm³/mol. The highest BCUT2D eigenvalue weighted by atomic mass is 16.5. The van der Waals surface area contributed by atoms with Crippen molar-refractivity contribution in [3.05, 3.63) is 54.4 Å². The van der Waals surface area contributed by atoms with Gasteiger partial charge in [0.1, 0.15) is 0 Å². The van der Waals surface area contributed by atoms with Crippen LogP contribution in [0.25, 0.3) is 11.1 Å². The fourth-order valence-electron chi connectivity index (χ4n) is 1.94. The van der Waals surface area contributed by atoms with Gasteiger partial charge in [-0.15, -0.1) is 0 Å². The van der Waals surface area contributed by atoms with Crippen LogP contribution in [-0.2, 0) is 9.53 Å². The van der Waals surface area contributed by atoms with Crippen LogP contribution in [0.5, 0.6) is 0 Å². The molecule has 0 aliphatic heterocycles. The van der Waals surface area contributed by atoms with Crippen molar-refractivity contribution in [2.45, 2.75) is 13.0 Å². The number of nitrogens with zero attached hydrogens (tertiary/aromatic N) is 1. The van der Waals surface area contributed by atoms with E-state index in [2.05, 4.69) is 39.3 Å². The fourth-order valence-corrected chi connectivity index (χ4v) is 1.94. The summed E-state index contributed by atoms with van der Waals surface area (Å²) in [6.45, 7) is 2.23. The quantitative estimate of drug-likeness (QED) is 0.848. The lowest BCUT2D eigenvalue weighted by Crippen LogP contribution is -2.26. The topological polar surface area (TPSA) is 51.2 Å². The third kappa shape index (κ3) is 3.65. The number of nitrogens with one attached hydrogen (secondary N) is 1. The van der Waals surface area contributed by atoms with Crippen LogP contribution in [0, 0.1) is 0 Å². The molecule has 20 heavy (non-hydrogen) atoms. The Morgan fingerprint density at radius 3 is 2.35 bits per heavy atom. The number of hydrogen-bond acceptors (Lipinski definition) is 4. The first kappa shape index (κ1) is 14.2. The fraction of sp³-hybridized carbons (Fsp3) is 0.250. The molecule has 0 saturated heterocycles. The van der Waals surface area contributed by atoms with Gasteiger partial charge in [0.15, 0.2) is 0 Å². The van der Waals surface area contributed by atoms with Crippen molar-refractivity contribution in [1.82, 2.24) is 10.3 Å². The van der Waals surface area contributed by atoms with E-state index in [1.165, 1.54) is 7.11 Å². The number of hydrogen-bond donors (Lipinski definition) is 1. The highest BCUT2D eigenvalue weighted by Gasteiger charge is 2.07. The van der Waals surface area contributed by atoms with Gasteiger partial charge >= 0.3 is 5.97 Å². The third-order valence-electron chi connectivity index (χ3n) is 3.20. The van der Waals surface area contributed by atoms with Gasteiger partial charge in [-0.1, -0.05) is 24.3 Å². The summed E-state index contributed by atoms with van der Waals surface area (Å²) in [6.07, 6.45) is 3.56. The van der Waals surface area contributed by atoms with E-state index in [-0.39, 0.29) is 18.6 Å². The minimum atomic E-state index is -0.259. The number of aromatic nitrogens is 1. The molecule has 104 valence electrons. The maximum atomic E-state index is 11.1. The van der Waals surface area contributed by atoms with Gasteiger partial charge in [-0.2, -0.15) is 0 Å². The van der Waals surface area contributed by atoms with E-state index in [1.807, 2.05) is 19.1 Å². The van der Waals surface area contributed by atoms with E-state index in [0.717, 1.165) is 16.7 Å². The van der Waals surface area contributed by atoms with Crippen LogP contribution in [0.15, 0.2) is 48.8 Å². The van der Waals surface area contributed by atoms with Gasteiger partial charge in [-0.3, -0.25) is 9.78 Å². The summed E-state index contributed by atoms with van der Waals surface area (Å²) < 4.78 is 4.61. The third-order valence-corrected chi connectivity index (χ3v) is 3.20. The number of carbonyl (C=O) groups is 1. The Kier molecular flexibility index (Phi) is 4.85. The number of pyridine rings is 1. The van der Waals surface area contributed by atoms with Crippen LogP contribution in [0.2, 0.25) is 0 Å². The van der Waals surface area contributed by atoms with Crippen LogP contribution in [0.3, 0.4) is 0 Å². The molecular weight excluding hydrogens is 252 g/mol. The molecule has 4 nitrogen and oxygen atoms in total. The summed E-state index contributed by atoms with van der Waals surface area (Å²) in [7, 11) is 1.39. The molecule has 0 amide bonds. The molecule has 0 aliphatic carbocycles. The van der Waals surface area contributed by atoms with Crippen LogP contribution >= 0.6 is 0 Å². The summed E-state index contributed by atoms with van der Waals surface area (Å²) in [5, 5.41) is 3.12.